The summed E-state index contributed by atoms with van der Waals surface area (Å²) in [6.45, 7) is 4.83. The molecule has 18 heavy (non-hydrogen) atoms. The fraction of sp³-hybridized carbons (Fsp3) is 0.571. The van der Waals surface area contributed by atoms with Crippen molar-refractivity contribution in [3.05, 3.63) is 24.3 Å². The third-order valence-corrected chi connectivity index (χ3v) is 3.17. The third kappa shape index (κ3) is 5.74. The summed E-state index contributed by atoms with van der Waals surface area (Å²) < 4.78 is 11.0. The molecule has 0 amide bonds. The number of alkyl halides is 1. The van der Waals surface area contributed by atoms with Crippen molar-refractivity contribution in [2.45, 2.75) is 18.2 Å². The van der Waals surface area contributed by atoms with Crippen LogP contribution in [0.3, 0.4) is 0 Å². The zero-order valence-electron chi connectivity index (χ0n) is 11.4. The molecule has 0 aliphatic carbocycles. The van der Waals surface area contributed by atoms with E-state index in [2.05, 4.69) is 34.8 Å². The number of hydrogen-bond donors (Lipinski definition) is 0. The molecule has 1 rings (SSSR count). The topological polar surface area (TPSA) is 21.7 Å². The zero-order valence-corrected chi connectivity index (χ0v) is 12.9. The van der Waals surface area contributed by atoms with Crippen LogP contribution in [0, 0.1) is 0 Å². The Balaban J connectivity index is 2.28. The van der Waals surface area contributed by atoms with Crippen LogP contribution in [0.1, 0.15) is 13.3 Å². The summed E-state index contributed by atoms with van der Waals surface area (Å²) in [7, 11) is 3.77. The van der Waals surface area contributed by atoms with Gasteiger partial charge in [0.15, 0.2) is 11.5 Å². The molecular formula is C14H22BrNO2. The number of likely N-dealkylation sites (N-methyl/N-ethyl adjacent to an activating group) is 1. The lowest BCUT2D eigenvalue weighted by Crippen LogP contribution is -2.26. The lowest BCUT2D eigenvalue weighted by Gasteiger charge is -2.18. The summed E-state index contributed by atoms with van der Waals surface area (Å²) in [6.07, 6.45) is 1.14. The number of rotatable bonds is 8. The van der Waals surface area contributed by atoms with Crippen molar-refractivity contribution < 1.29 is 9.47 Å². The Morgan fingerprint density at radius 3 is 2.50 bits per heavy atom. The molecule has 0 fully saturated rings. The molecule has 0 aliphatic heterocycles. The predicted octanol–water partition coefficient (Wildman–Crippen LogP) is 3.18. The van der Waals surface area contributed by atoms with Crippen molar-refractivity contribution in [1.82, 2.24) is 4.90 Å². The van der Waals surface area contributed by atoms with Gasteiger partial charge in [0.25, 0.3) is 0 Å². The van der Waals surface area contributed by atoms with Crippen LogP contribution in [0.5, 0.6) is 11.5 Å². The van der Waals surface area contributed by atoms with Crippen LogP contribution in [0.4, 0.5) is 0 Å². The van der Waals surface area contributed by atoms with Gasteiger partial charge in [-0.1, -0.05) is 35.0 Å². The minimum absolute atomic E-state index is 0.565. The van der Waals surface area contributed by atoms with Gasteiger partial charge in [-0.3, -0.25) is 0 Å². The highest BCUT2D eigenvalue weighted by Crippen LogP contribution is 2.25. The van der Waals surface area contributed by atoms with E-state index in [9.17, 15) is 0 Å². The van der Waals surface area contributed by atoms with Gasteiger partial charge in [-0.25, -0.2) is 0 Å². The molecule has 102 valence electrons. The summed E-state index contributed by atoms with van der Waals surface area (Å²) in [6, 6.07) is 7.73. The molecule has 0 saturated heterocycles. The van der Waals surface area contributed by atoms with E-state index < -0.39 is 0 Å². The summed E-state index contributed by atoms with van der Waals surface area (Å²) in [5.74, 6) is 1.59. The minimum Gasteiger partial charge on any atom is -0.493 e. The van der Waals surface area contributed by atoms with Crippen molar-refractivity contribution in [3.8, 4) is 11.5 Å². The molecule has 3 nitrogen and oxygen atoms in total. The molecule has 1 unspecified atom stereocenters. The number of hydrogen-bond acceptors (Lipinski definition) is 3. The maximum atomic E-state index is 5.73. The normalized spacial score (nSPS) is 12.5. The highest BCUT2D eigenvalue weighted by Gasteiger charge is 2.04. The molecule has 0 aromatic heterocycles. The minimum atomic E-state index is 0.565. The molecule has 1 aromatic carbocycles. The molecule has 1 atom stereocenters. The molecule has 0 aliphatic rings. The maximum absolute atomic E-state index is 5.73. The van der Waals surface area contributed by atoms with Crippen LogP contribution in [0.2, 0.25) is 0 Å². The summed E-state index contributed by atoms with van der Waals surface area (Å²) in [5, 5.41) is 0. The van der Waals surface area contributed by atoms with E-state index in [1.54, 1.807) is 7.11 Å². The standard InChI is InChI=1S/C14H22BrNO2/c1-12(15)8-9-16(2)10-11-18-14-7-5-4-6-13(14)17-3/h4-7,12H,8-11H2,1-3H3. The van der Waals surface area contributed by atoms with Gasteiger partial charge in [0.1, 0.15) is 6.61 Å². The Morgan fingerprint density at radius 1 is 1.22 bits per heavy atom. The fourth-order valence-electron chi connectivity index (χ4n) is 1.56. The molecular weight excluding hydrogens is 294 g/mol. The van der Waals surface area contributed by atoms with E-state index in [4.69, 9.17) is 9.47 Å². The first-order valence-corrected chi connectivity index (χ1v) is 7.13. The average Bonchev–Trinajstić information content (AvgIpc) is 2.37. The van der Waals surface area contributed by atoms with Crippen molar-refractivity contribution in [1.29, 1.82) is 0 Å². The number of para-hydroxylation sites is 2. The second kappa shape index (κ2) is 8.38. The van der Waals surface area contributed by atoms with Gasteiger partial charge < -0.3 is 14.4 Å². The summed E-state index contributed by atoms with van der Waals surface area (Å²) in [4.78, 5) is 2.84. The first-order valence-electron chi connectivity index (χ1n) is 6.22. The first-order chi connectivity index (χ1) is 8.63. The number of nitrogens with zero attached hydrogens (tertiary/aromatic N) is 1. The third-order valence-electron chi connectivity index (χ3n) is 2.71. The largest absolute Gasteiger partial charge is 0.493 e. The molecule has 0 bridgehead atoms. The van der Waals surface area contributed by atoms with Crippen LogP contribution in [0.15, 0.2) is 24.3 Å². The quantitative estimate of drug-likeness (QED) is 0.688. The van der Waals surface area contributed by atoms with Gasteiger partial charge >= 0.3 is 0 Å². The molecule has 0 saturated carbocycles. The van der Waals surface area contributed by atoms with Crippen molar-refractivity contribution in [2.24, 2.45) is 0 Å². The Morgan fingerprint density at radius 2 is 1.89 bits per heavy atom. The molecule has 4 heteroatoms. The van der Waals surface area contributed by atoms with Gasteiger partial charge in [0.2, 0.25) is 0 Å². The monoisotopic (exact) mass is 315 g/mol. The summed E-state index contributed by atoms with van der Waals surface area (Å²) in [5.41, 5.74) is 0. The number of methoxy groups -OCH3 is 1. The highest BCUT2D eigenvalue weighted by molar-refractivity contribution is 9.09. The van der Waals surface area contributed by atoms with Gasteiger partial charge in [-0.05, 0) is 32.1 Å². The van der Waals surface area contributed by atoms with E-state index in [0.717, 1.165) is 31.0 Å². The smallest absolute Gasteiger partial charge is 0.161 e. The second-order valence-corrected chi connectivity index (χ2v) is 5.94. The molecule has 0 N–H and O–H groups in total. The van der Waals surface area contributed by atoms with Gasteiger partial charge in [0.05, 0.1) is 7.11 Å². The average molecular weight is 316 g/mol. The van der Waals surface area contributed by atoms with E-state index in [-0.39, 0.29) is 0 Å². The SMILES string of the molecule is COc1ccccc1OCCN(C)CCC(C)Br. The van der Waals surface area contributed by atoms with Crippen molar-refractivity contribution in [2.75, 3.05) is 33.9 Å². The van der Waals surface area contributed by atoms with Crippen LogP contribution in [-0.2, 0) is 0 Å². The van der Waals surface area contributed by atoms with E-state index >= 15 is 0 Å². The Labute approximate surface area is 118 Å². The molecule has 0 radical (unpaired) electrons. The molecule has 1 aromatic rings. The van der Waals surface area contributed by atoms with Crippen LogP contribution in [-0.4, -0.2) is 43.6 Å². The Kier molecular flexibility index (Phi) is 7.13. The predicted molar refractivity (Wildman–Crippen MR) is 79.0 cm³/mol. The number of ether oxygens (including phenoxy) is 2. The van der Waals surface area contributed by atoms with E-state index in [0.29, 0.717) is 11.4 Å². The van der Waals surface area contributed by atoms with Crippen molar-refractivity contribution in [3.63, 3.8) is 0 Å². The zero-order chi connectivity index (χ0) is 13.4. The molecule has 0 heterocycles. The van der Waals surface area contributed by atoms with Gasteiger partial charge in [-0.2, -0.15) is 0 Å². The maximum Gasteiger partial charge on any atom is 0.161 e. The lowest BCUT2D eigenvalue weighted by molar-refractivity contribution is 0.229. The number of halogens is 1. The number of benzene rings is 1. The highest BCUT2D eigenvalue weighted by atomic mass is 79.9. The first kappa shape index (κ1) is 15.3. The summed E-state index contributed by atoms with van der Waals surface area (Å²) >= 11 is 3.55. The van der Waals surface area contributed by atoms with Gasteiger partial charge in [0, 0.05) is 11.4 Å². The fourth-order valence-corrected chi connectivity index (χ4v) is 1.76. The van der Waals surface area contributed by atoms with Crippen LogP contribution < -0.4 is 9.47 Å². The Bertz CT molecular complexity index is 344. The van der Waals surface area contributed by atoms with Gasteiger partial charge in [-0.15, -0.1) is 0 Å². The lowest BCUT2D eigenvalue weighted by atomic mass is 10.3. The van der Waals surface area contributed by atoms with Crippen LogP contribution >= 0.6 is 15.9 Å². The van der Waals surface area contributed by atoms with E-state index in [1.165, 1.54) is 0 Å². The van der Waals surface area contributed by atoms with Crippen molar-refractivity contribution >= 4 is 15.9 Å². The molecule has 0 spiro atoms. The Hall–Kier alpha value is -0.740. The van der Waals surface area contributed by atoms with E-state index in [1.807, 2.05) is 24.3 Å². The van der Waals surface area contributed by atoms with Crippen LogP contribution in [0.25, 0.3) is 0 Å². The second-order valence-electron chi connectivity index (χ2n) is 4.37.